The Kier molecular flexibility index (Phi) is 36.3. The Morgan fingerprint density at radius 3 is 1.14 bits per heavy atom. The largest absolute Gasteiger partial charge is 0.466 e. The number of nitrogens with two attached hydrogens (primary N) is 1. The van der Waals surface area contributed by atoms with Crippen molar-refractivity contribution in [3.8, 4) is 0 Å². The molecule has 0 unspecified atom stereocenters. The second kappa shape index (κ2) is 47.3. The van der Waals surface area contributed by atoms with Gasteiger partial charge in [0.15, 0.2) is 5.78 Å². The predicted molar refractivity (Wildman–Crippen MR) is 500 cm³/mol. The van der Waals surface area contributed by atoms with Crippen molar-refractivity contribution in [3.63, 3.8) is 0 Å². The van der Waals surface area contributed by atoms with Crippen molar-refractivity contribution in [2.45, 2.75) is 145 Å². The molecule has 6 N–H and O–H groups in total. The van der Waals surface area contributed by atoms with Crippen molar-refractivity contribution >= 4 is 90.8 Å². The number of pyridine rings is 2. The first-order valence-corrected chi connectivity index (χ1v) is 46.0. The molecule has 9 saturated heterocycles. The van der Waals surface area contributed by atoms with E-state index >= 15 is 0 Å². The van der Waals surface area contributed by atoms with Crippen LogP contribution in [0, 0.1) is 54.9 Å². The van der Waals surface area contributed by atoms with Crippen molar-refractivity contribution in [1.29, 1.82) is 0 Å². The van der Waals surface area contributed by atoms with Crippen LogP contribution in [0.4, 0.5) is 37.4 Å². The molecule has 5 saturated carbocycles. The van der Waals surface area contributed by atoms with E-state index in [1.165, 1.54) is 36.3 Å². The number of aromatic nitrogens is 2. The lowest BCUT2D eigenvalue weighted by molar-refractivity contribution is -0.385. The minimum atomic E-state index is -0.451. The molecular formula is C97H131B2N13O20. The summed E-state index contributed by atoms with van der Waals surface area (Å²) in [6, 6.07) is 36.0. The second-order valence-electron chi connectivity index (χ2n) is 37.7. The molecule has 5 aromatic rings. The SMILES string of the molecule is C=C1CN(B(C)O)C1.C=C1CN(C(=O)OCc2ccccc2)C1.C=C1CNC1.CB(O)N1CC(=O)C1.CCOC(=O)C=C1CC2(C1)CN(C(=O)OCc1ccccc1)C2.CCOC(=O)CC1CC2(C1)CN(c1ccc(N)cn1)C2.CCOC(=O)CC1CC2(C1)CN(c1ccc([N+](=O)[O-])cn1)C2.CCOC(=O)CC1CC2(CNC2)C1.O=C1CC2(C1)CN(C(=O)OCc1ccccc1)C2. The molecule has 9 aliphatic heterocycles. The number of nitrogens with one attached hydrogen (secondary N) is 2. The molecule has 0 bridgehead atoms. The molecule has 19 rings (SSSR count). The van der Waals surface area contributed by atoms with Crippen LogP contribution in [0.25, 0.3) is 0 Å². The summed E-state index contributed by atoms with van der Waals surface area (Å²) in [5, 5.41) is 34.6. The number of benzene rings is 3. The third-order valence-electron chi connectivity index (χ3n) is 25.8. The lowest BCUT2D eigenvalue weighted by Crippen LogP contribution is -2.64. The van der Waals surface area contributed by atoms with Crippen molar-refractivity contribution in [2.24, 2.45) is 44.8 Å². The lowest BCUT2D eigenvalue weighted by Gasteiger charge is -2.59. The molecule has 132 heavy (non-hydrogen) atoms. The zero-order valence-electron chi connectivity index (χ0n) is 77.4. The first-order valence-electron chi connectivity index (χ1n) is 46.0. The number of likely N-dealkylation sites (tertiary alicyclic amines) is 3. The monoisotopic (exact) mass is 1820 g/mol. The summed E-state index contributed by atoms with van der Waals surface area (Å²) in [7, 11) is -0.742. The Balaban J connectivity index is 0.000000147. The standard InChI is InChI=1S/C18H21NO4.C15H19N3O4.C15H21N3O2.C14H15NO3.C12H13NO2.C10H17NO2.C5H10BNO.C4H8BNO2.C4H7N/c1-2-22-16(20)8-15-9-18(10-15)12-19(13-18)17(21)23-11-14-6-4-3-5-7-14;1-2-22-14(19)5-11-6-15(7-11)9-17(10-15)13-4-3-12(8-16-13)18(20)21;1-2-20-14(19)5-11-6-15(7-11)9-18(10-15)13-4-3-12(16)8-17-13;16-12-6-14(7-12)9-15(10-14)13(17)18-8-11-4-2-1-3-5-11;1-10-7-13(8-10)12(14)15-9-11-5-3-2-4-6-11;1-2-13-9(12)3-8-4-10(5-8)6-11-7-10;1-5-3-7(4-5)6(2)8;1-5(8)6-2-4(7)3-6;1-4-2-5-3-4/h3-8H,2,9-13H2,1H3;3-4,8,11H,2,5-7,9-10H2,1H3;3-4,8,11H,2,5-7,9-10,16H2,1H3;1-5H,6-10H2;2-6H,1,7-9H2;8,11H,2-7H2,1H3;8H,1,3-4H2,2H3;8H,2-3H2,1H3;5H,1-3H2. The van der Waals surface area contributed by atoms with Gasteiger partial charge in [-0.1, -0.05) is 122 Å². The number of esters is 4. The highest BCUT2D eigenvalue weighted by Gasteiger charge is 2.57. The summed E-state index contributed by atoms with van der Waals surface area (Å²) in [6.45, 7) is 39.7. The van der Waals surface area contributed by atoms with Crippen molar-refractivity contribution in [2.75, 3.05) is 160 Å². The highest BCUT2D eigenvalue weighted by Crippen LogP contribution is 2.56. The van der Waals surface area contributed by atoms with Gasteiger partial charge in [0.1, 0.15) is 43.4 Å². The Hall–Kier alpha value is -11.4. The number of ether oxygens (including phenoxy) is 7. The average molecular weight is 1820 g/mol. The lowest BCUT2D eigenvalue weighted by atomic mass is 9.57. The quantitative estimate of drug-likeness (QED) is 0.00817. The van der Waals surface area contributed by atoms with Crippen LogP contribution in [0.2, 0.25) is 13.6 Å². The van der Waals surface area contributed by atoms with E-state index in [0.29, 0.717) is 176 Å². The van der Waals surface area contributed by atoms with Gasteiger partial charge in [-0.3, -0.25) is 34.1 Å². The third-order valence-corrected chi connectivity index (χ3v) is 25.8. The van der Waals surface area contributed by atoms with Crippen LogP contribution in [0.15, 0.2) is 176 Å². The third kappa shape index (κ3) is 29.6. The number of hydrogen-bond donors (Lipinski definition) is 5. The smallest absolute Gasteiger partial charge is 0.410 e. The number of rotatable bonds is 22. The number of Topliss-reactive ketones (excluding diaryl/α,β-unsaturated/α-hetero) is 2. The van der Waals surface area contributed by atoms with Gasteiger partial charge in [0.2, 0.25) is 0 Å². The predicted octanol–water partition coefficient (Wildman–Crippen LogP) is 11.1. The van der Waals surface area contributed by atoms with Crippen molar-refractivity contribution in [3.05, 3.63) is 203 Å². The first kappa shape index (κ1) is 101. The molecule has 0 radical (unpaired) electrons. The molecule has 3 aromatic carbocycles. The van der Waals surface area contributed by atoms with E-state index in [4.69, 9.17) is 48.9 Å². The van der Waals surface area contributed by atoms with Crippen molar-refractivity contribution < 1.29 is 91.3 Å². The molecule has 35 heteroatoms. The zero-order chi connectivity index (χ0) is 94.8. The van der Waals surface area contributed by atoms with E-state index < -0.39 is 12.0 Å². The number of anilines is 3. The molecule has 11 heterocycles. The maximum atomic E-state index is 12.0. The molecule has 33 nitrogen and oxygen atoms in total. The topological polar surface area (TPSA) is 400 Å². The van der Waals surface area contributed by atoms with Gasteiger partial charge in [0, 0.05) is 171 Å². The fourth-order valence-corrected chi connectivity index (χ4v) is 18.9. The molecule has 2 aromatic heterocycles. The van der Waals surface area contributed by atoms with Gasteiger partial charge in [-0.2, -0.15) is 0 Å². The Morgan fingerprint density at radius 1 is 0.470 bits per heavy atom. The van der Waals surface area contributed by atoms with E-state index in [-0.39, 0.29) is 71.5 Å². The number of carbonyl (C=O) groups is 9. The van der Waals surface area contributed by atoms with Crippen LogP contribution in [0.1, 0.15) is 128 Å². The van der Waals surface area contributed by atoms with Crippen molar-refractivity contribution in [1.82, 2.24) is 44.9 Å². The molecule has 0 atom stereocenters. The number of hydrogen-bond acceptors (Lipinski definition) is 29. The second-order valence-corrected chi connectivity index (χ2v) is 37.7. The number of nitro groups is 1. The van der Waals surface area contributed by atoms with Crippen LogP contribution in [-0.2, 0) is 81.7 Å². The number of nitrogen functional groups attached to an aromatic ring is 1. The van der Waals surface area contributed by atoms with Crippen LogP contribution in [0.5, 0.6) is 0 Å². The van der Waals surface area contributed by atoms with Gasteiger partial charge in [-0.05, 0) is 162 Å². The Morgan fingerprint density at radius 2 is 0.841 bits per heavy atom. The Labute approximate surface area is 774 Å². The minimum absolute atomic E-state index is 0.0112. The molecular weight excluding hydrogens is 1690 g/mol. The van der Waals surface area contributed by atoms with Gasteiger partial charge >= 0.3 is 56.3 Å². The van der Waals surface area contributed by atoms with Crippen LogP contribution < -0.4 is 26.2 Å². The molecule has 14 aliphatic rings. The fraction of sp³-hybridized carbons (Fsp3) is 0.536. The van der Waals surface area contributed by atoms with Gasteiger partial charge in [0.25, 0.3) is 5.69 Å². The van der Waals surface area contributed by atoms with Gasteiger partial charge < -0.3 is 93.7 Å². The molecule has 3 amide bonds. The number of carbonyl (C=O) groups excluding carboxylic acids is 9. The summed E-state index contributed by atoms with van der Waals surface area (Å²) in [6.07, 6.45) is 15.3. The van der Waals surface area contributed by atoms with Crippen LogP contribution in [0.3, 0.4) is 0 Å². The summed E-state index contributed by atoms with van der Waals surface area (Å²) < 4.78 is 35.5. The normalized spacial score (nSPS) is 20.9. The summed E-state index contributed by atoms with van der Waals surface area (Å²) >= 11 is 0. The van der Waals surface area contributed by atoms with E-state index in [1.807, 2.05) is 129 Å². The zero-order valence-corrected chi connectivity index (χ0v) is 77.4. The molecule has 5 aliphatic carbocycles. The minimum Gasteiger partial charge on any atom is -0.466 e. The molecule has 710 valence electrons. The van der Waals surface area contributed by atoms with Crippen LogP contribution in [-0.4, -0.2) is 261 Å². The van der Waals surface area contributed by atoms with Crippen LogP contribution >= 0.6 is 0 Å². The van der Waals surface area contributed by atoms with Gasteiger partial charge in [0.05, 0.1) is 56.3 Å². The van der Waals surface area contributed by atoms with E-state index in [9.17, 15) is 53.3 Å². The molecule has 5 spiro atoms. The number of allylic oxidation sites excluding steroid dienone is 1. The maximum Gasteiger partial charge on any atom is 0.410 e. The maximum absolute atomic E-state index is 12.0. The Bertz CT molecular complexity index is 4710. The number of ketones is 2. The fourth-order valence-electron chi connectivity index (χ4n) is 18.9. The number of amides is 3. The number of nitrogens with zero attached hydrogens (tertiary/aromatic N) is 10. The highest BCUT2D eigenvalue weighted by atomic mass is 16.6. The summed E-state index contributed by atoms with van der Waals surface area (Å²) in [5.41, 5.74) is 15.6. The average Bonchev–Trinajstić information content (AvgIpc) is 0.763. The summed E-state index contributed by atoms with van der Waals surface area (Å²) in [5.74, 6) is 3.41. The van der Waals surface area contributed by atoms with E-state index in [0.717, 1.165) is 143 Å². The first-order chi connectivity index (χ1) is 63.2. The van der Waals surface area contributed by atoms with E-state index in [2.05, 4.69) is 50.1 Å². The highest BCUT2D eigenvalue weighted by molar-refractivity contribution is 6.47. The van der Waals surface area contributed by atoms with Gasteiger partial charge in [-0.15, -0.1) is 0 Å². The van der Waals surface area contributed by atoms with E-state index in [1.54, 1.807) is 58.4 Å². The molecule has 14 fully saturated rings. The van der Waals surface area contributed by atoms with Gasteiger partial charge in [-0.25, -0.2) is 29.1 Å². The summed E-state index contributed by atoms with van der Waals surface area (Å²) in [4.78, 5) is 133.